The molecule has 2 amide bonds. The van der Waals surface area contributed by atoms with E-state index in [1.165, 1.54) is 0 Å². The Kier molecular flexibility index (Phi) is 5.20. The molecule has 7 nitrogen and oxygen atoms in total. The molecular weight excluding hydrogens is 304 g/mol. The van der Waals surface area contributed by atoms with E-state index in [4.69, 9.17) is 0 Å². The number of nitrogens with zero attached hydrogens (tertiary/aromatic N) is 4. The zero-order valence-corrected chi connectivity index (χ0v) is 13.8. The van der Waals surface area contributed by atoms with Crippen LogP contribution in [-0.2, 0) is 6.54 Å². The average molecular weight is 326 g/mol. The molecule has 0 radical (unpaired) electrons. The van der Waals surface area contributed by atoms with Gasteiger partial charge in [0.25, 0.3) is 0 Å². The van der Waals surface area contributed by atoms with E-state index in [1.54, 1.807) is 24.7 Å². The number of pyridine rings is 1. The third-order valence-corrected chi connectivity index (χ3v) is 4.02. The predicted octanol–water partition coefficient (Wildman–Crippen LogP) is 1.65. The van der Waals surface area contributed by atoms with Gasteiger partial charge in [-0.25, -0.2) is 14.8 Å². The van der Waals surface area contributed by atoms with Gasteiger partial charge in [0.1, 0.15) is 0 Å². The molecule has 126 valence electrons. The van der Waals surface area contributed by atoms with Gasteiger partial charge in [-0.2, -0.15) is 0 Å². The molecule has 1 atom stereocenters. The zero-order chi connectivity index (χ0) is 16.8. The number of nitrogens with one attached hydrogen (secondary N) is 2. The molecule has 3 heterocycles. The van der Waals surface area contributed by atoms with E-state index in [2.05, 4.69) is 30.5 Å². The summed E-state index contributed by atoms with van der Waals surface area (Å²) < 4.78 is 0. The van der Waals surface area contributed by atoms with E-state index in [1.807, 2.05) is 19.1 Å². The highest BCUT2D eigenvalue weighted by Gasteiger charge is 2.22. The second-order valence-corrected chi connectivity index (χ2v) is 5.97. The van der Waals surface area contributed by atoms with Crippen molar-refractivity contribution in [1.82, 2.24) is 25.6 Å². The first-order valence-corrected chi connectivity index (χ1v) is 8.18. The number of piperidine rings is 1. The normalized spacial score (nSPS) is 17.4. The Balaban J connectivity index is 1.48. The van der Waals surface area contributed by atoms with Crippen molar-refractivity contribution >= 4 is 12.0 Å². The Morgan fingerprint density at radius 1 is 1.29 bits per heavy atom. The number of hydrogen-bond donors (Lipinski definition) is 2. The molecule has 0 saturated carbocycles. The van der Waals surface area contributed by atoms with Crippen LogP contribution in [0.4, 0.5) is 10.7 Å². The van der Waals surface area contributed by atoms with Crippen molar-refractivity contribution < 1.29 is 4.79 Å². The molecule has 0 aliphatic carbocycles. The van der Waals surface area contributed by atoms with Gasteiger partial charge in [0.05, 0.1) is 0 Å². The first-order chi connectivity index (χ1) is 11.7. The molecule has 1 aliphatic rings. The molecule has 24 heavy (non-hydrogen) atoms. The average Bonchev–Trinajstić information content (AvgIpc) is 2.62. The zero-order valence-electron chi connectivity index (χ0n) is 13.8. The fourth-order valence-corrected chi connectivity index (χ4v) is 2.75. The van der Waals surface area contributed by atoms with Crippen LogP contribution < -0.4 is 15.5 Å². The molecule has 0 aromatic carbocycles. The van der Waals surface area contributed by atoms with E-state index < -0.39 is 0 Å². The number of amides is 2. The number of rotatable bonds is 4. The summed E-state index contributed by atoms with van der Waals surface area (Å²) >= 11 is 0. The lowest BCUT2D eigenvalue weighted by atomic mass is 10.1. The second-order valence-electron chi connectivity index (χ2n) is 5.97. The monoisotopic (exact) mass is 326 g/mol. The van der Waals surface area contributed by atoms with Crippen molar-refractivity contribution in [2.75, 3.05) is 18.0 Å². The maximum absolute atomic E-state index is 12.1. The fourth-order valence-electron chi connectivity index (χ4n) is 2.75. The molecular formula is C17H22N6O. The molecule has 0 unspecified atom stereocenters. The smallest absolute Gasteiger partial charge is 0.315 e. The lowest BCUT2D eigenvalue weighted by Crippen LogP contribution is -2.50. The molecule has 2 N–H and O–H groups in total. The summed E-state index contributed by atoms with van der Waals surface area (Å²) in [5.41, 5.74) is 1.95. The molecule has 0 bridgehead atoms. The van der Waals surface area contributed by atoms with Crippen LogP contribution in [0.3, 0.4) is 0 Å². The molecule has 0 spiro atoms. The largest absolute Gasteiger partial charge is 0.339 e. The van der Waals surface area contributed by atoms with Crippen LogP contribution in [0.2, 0.25) is 0 Å². The van der Waals surface area contributed by atoms with Crippen molar-refractivity contribution in [3.05, 3.63) is 48.0 Å². The Bertz CT molecular complexity index is 661. The molecule has 1 saturated heterocycles. The van der Waals surface area contributed by atoms with Gasteiger partial charge in [-0.1, -0.05) is 6.07 Å². The summed E-state index contributed by atoms with van der Waals surface area (Å²) in [4.78, 5) is 27.0. The predicted molar refractivity (Wildman–Crippen MR) is 91.6 cm³/mol. The Labute approximate surface area is 141 Å². The van der Waals surface area contributed by atoms with Gasteiger partial charge in [0, 0.05) is 50.0 Å². The summed E-state index contributed by atoms with van der Waals surface area (Å²) in [5, 5.41) is 5.91. The van der Waals surface area contributed by atoms with Gasteiger partial charge in [-0.05, 0) is 37.5 Å². The Morgan fingerprint density at radius 3 is 2.88 bits per heavy atom. The quantitative estimate of drug-likeness (QED) is 0.892. The van der Waals surface area contributed by atoms with Gasteiger partial charge in [0.15, 0.2) is 0 Å². The third-order valence-electron chi connectivity index (χ3n) is 4.02. The summed E-state index contributed by atoms with van der Waals surface area (Å²) in [6.45, 7) is 4.05. The van der Waals surface area contributed by atoms with Crippen LogP contribution in [-0.4, -0.2) is 40.1 Å². The molecule has 1 aliphatic heterocycles. The third kappa shape index (κ3) is 4.41. The molecule has 1 fully saturated rings. The molecule has 2 aromatic rings. The van der Waals surface area contributed by atoms with Crippen LogP contribution >= 0.6 is 0 Å². The minimum atomic E-state index is -0.156. The maximum atomic E-state index is 12.1. The van der Waals surface area contributed by atoms with Crippen molar-refractivity contribution in [2.45, 2.75) is 32.4 Å². The maximum Gasteiger partial charge on any atom is 0.315 e. The highest BCUT2D eigenvalue weighted by molar-refractivity contribution is 5.74. The van der Waals surface area contributed by atoms with E-state index in [-0.39, 0.29) is 12.1 Å². The van der Waals surface area contributed by atoms with Crippen molar-refractivity contribution in [3.8, 4) is 0 Å². The topological polar surface area (TPSA) is 83.0 Å². The fraction of sp³-hybridized carbons (Fsp3) is 0.412. The summed E-state index contributed by atoms with van der Waals surface area (Å²) in [6.07, 6.45) is 7.22. The molecule has 2 aromatic heterocycles. The highest BCUT2D eigenvalue weighted by atomic mass is 16.2. The van der Waals surface area contributed by atoms with E-state index in [9.17, 15) is 4.79 Å². The van der Waals surface area contributed by atoms with E-state index >= 15 is 0 Å². The lowest BCUT2D eigenvalue weighted by molar-refractivity contribution is 0.234. The van der Waals surface area contributed by atoms with Crippen LogP contribution in [0.5, 0.6) is 0 Å². The van der Waals surface area contributed by atoms with Gasteiger partial charge < -0.3 is 15.5 Å². The SMILES string of the molecule is Cc1ccc(CNC(=O)N[C@H]2CCCN(c3ncccn3)C2)cn1. The summed E-state index contributed by atoms with van der Waals surface area (Å²) in [5.74, 6) is 0.718. The standard InChI is InChI=1S/C17H22N6O/c1-13-5-6-14(10-20-13)11-21-17(24)22-15-4-2-9-23(12-15)16-18-7-3-8-19-16/h3,5-8,10,15H,2,4,9,11-12H2,1H3,(H2,21,22,24)/t15-/m0/s1. The summed E-state index contributed by atoms with van der Waals surface area (Å²) in [6, 6.07) is 5.65. The highest BCUT2D eigenvalue weighted by Crippen LogP contribution is 2.15. The van der Waals surface area contributed by atoms with Crippen molar-refractivity contribution in [1.29, 1.82) is 0 Å². The first kappa shape index (κ1) is 16.2. The van der Waals surface area contributed by atoms with Crippen LogP contribution in [0.1, 0.15) is 24.1 Å². The number of aryl methyl sites for hydroxylation is 1. The molecule has 3 rings (SSSR count). The van der Waals surface area contributed by atoms with Crippen LogP contribution in [0.25, 0.3) is 0 Å². The van der Waals surface area contributed by atoms with Crippen molar-refractivity contribution in [3.63, 3.8) is 0 Å². The number of carbonyl (C=O) groups excluding carboxylic acids is 1. The van der Waals surface area contributed by atoms with Crippen LogP contribution in [0.15, 0.2) is 36.8 Å². The second kappa shape index (κ2) is 7.72. The number of carbonyl (C=O) groups is 1. The van der Waals surface area contributed by atoms with Gasteiger partial charge in [-0.15, -0.1) is 0 Å². The Hall–Kier alpha value is -2.70. The minimum Gasteiger partial charge on any atom is -0.339 e. The lowest BCUT2D eigenvalue weighted by Gasteiger charge is -2.33. The van der Waals surface area contributed by atoms with Gasteiger partial charge >= 0.3 is 6.03 Å². The molecule has 7 heteroatoms. The first-order valence-electron chi connectivity index (χ1n) is 8.18. The van der Waals surface area contributed by atoms with Gasteiger partial charge in [-0.3, -0.25) is 4.98 Å². The van der Waals surface area contributed by atoms with E-state index in [0.29, 0.717) is 6.54 Å². The Morgan fingerprint density at radius 2 is 2.12 bits per heavy atom. The number of aromatic nitrogens is 3. The van der Waals surface area contributed by atoms with Crippen LogP contribution in [0, 0.1) is 6.92 Å². The van der Waals surface area contributed by atoms with Crippen molar-refractivity contribution in [2.24, 2.45) is 0 Å². The number of urea groups is 1. The number of hydrogen-bond acceptors (Lipinski definition) is 5. The van der Waals surface area contributed by atoms with Gasteiger partial charge in [0.2, 0.25) is 5.95 Å². The number of anilines is 1. The minimum absolute atomic E-state index is 0.0960. The summed E-state index contributed by atoms with van der Waals surface area (Å²) in [7, 11) is 0. The van der Waals surface area contributed by atoms with E-state index in [0.717, 1.165) is 43.1 Å².